The molecule has 5 heteroatoms. The van der Waals surface area contributed by atoms with Crippen LogP contribution in [0.15, 0.2) is 0 Å². The molecule has 0 saturated heterocycles. The number of aromatic nitrogens is 3. The van der Waals surface area contributed by atoms with Gasteiger partial charge in [-0.1, -0.05) is 5.21 Å². The van der Waals surface area contributed by atoms with Crippen LogP contribution in [0, 0.1) is 0 Å². The molecule has 1 atom stereocenters. The third-order valence-electron chi connectivity index (χ3n) is 2.17. The van der Waals surface area contributed by atoms with Crippen LogP contribution in [0.1, 0.15) is 18.7 Å². The zero-order valence-electron chi connectivity index (χ0n) is 7.36. The summed E-state index contributed by atoms with van der Waals surface area (Å²) in [6.45, 7) is 3.85. The summed E-state index contributed by atoms with van der Waals surface area (Å²) in [6.07, 6.45) is 0. The number of hydrogen-bond acceptors (Lipinski definition) is 4. The second-order valence-corrected chi connectivity index (χ2v) is 3.23. The van der Waals surface area contributed by atoms with Crippen molar-refractivity contribution in [1.29, 1.82) is 0 Å². The van der Waals surface area contributed by atoms with Gasteiger partial charge in [0.25, 0.3) is 0 Å². The van der Waals surface area contributed by atoms with Gasteiger partial charge in [-0.3, -0.25) is 0 Å². The van der Waals surface area contributed by atoms with Crippen LogP contribution in [-0.2, 0) is 6.54 Å². The first-order valence-electron chi connectivity index (χ1n) is 4.10. The molecule has 1 aromatic heterocycles. The van der Waals surface area contributed by atoms with E-state index in [0.717, 1.165) is 24.6 Å². The lowest BCUT2D eigenvalue weighted by Crippen LogP contribution is -2.17. The standard InChI is InChI=1S/C7H13N5/c1-5(8)6-7-11(2)3-4-12(7)10-9-6/h5H,3-4,8H2,1-2H3. The van der Waals surface area contributed by atoms with Crippen LogP contribution in [0.3, 0.4) is 0 Å². The van der Waals surface area contributed by atoms with Gasteiger partial charge in [-0.05, 0) is 6.92 Å². The van der Waals surface area contributed by atoms with Crippen molar-refractivity contribution in [3.8, 4) is 0 Å². The molecular weight excluding hydrogens is 154 g/mol. The Kier molecular flexibility index (Phi) is 1.54. The van der Waals surface area contributed by atoms with Crippen LogP contribution in [0.2, 0.25) is 0 Å². The van der Waals surface area contributed by atoms with E-state index in [4.69, 9.17) is 5.73 Å². The van der Waals surface area contributed by atoms with E-state index in [0.29, 0.717) is 0 Å². The van der Waals surface area contributed by atoms with Gasteiger partial charge in [-0.2, -0.15) is 0 Å². The topological polar surface area (TPSA) is 60.0 Å². The Labute approximate surface area is 71.1 Å². The Balaban J connectivity index is 2.46. The minimum Gasteiger partial charge on any atom is -0.356 e. The third kappa shape index (κ3) is 0.896. The molecule has 2 rings (SSSR count). The molecule has 1 unspecified atom stereocenters. The van der Waals surface area contributed by atoms with Crippen LogP contribution in [0.25, 0.3) is 0 Å². The van der Waals surface area contributed by atoms with Crippen molar-refractivity contribution in [3.05, 3.63) is 5.69 Å². The smallest absolute Gasteiger partial charge is 0.152 e. The summed E-state index contributed by atoms with van der Waals surface area (Å²) in [7, 11) is 2.04. The molecule has 0 saturated carbocycles. The molecule has 1 aromatic rings. The minimum atomic E-state index is -0.0331. The van der Waals surface area contributed by atoms with Gasteiger partial charge in [0.05, 0.1) is 6.54 Å². The number of likely N-dealkylation sites (N-methyl/N-ethyl adjacent to an activating group) is 1. The summed E-state index contributed by atoms with van der Waals surface area (Å²) < 4.78 is 1.90. The van der Waals surface area contributed by atoms with Crippen molar-refractivity contribution < 1.29 is 0 Å². The summed E-state index contributed by atoms with van der Waals surface area (Å²) in [6, 6.07) is -0.0331. The summed E-state index contributed by atoms with van der Waals surface area (Å²) >= 11 is 0. The Hall–Kier alpha value is -1.10. The van der Waals surface area contributed by atoms with Gasteiger partial charge in [0.1, 0.15) is 5.69 Å². The fourth-order valence-electron chi connectivity index (χ4n) is 1.51. The summed E-state index contributed by atoms with van der Waals surface area (Å²) in [4.78, 5) is 2.14. The highest BCUT2D eigenvalue weighted by Gasteiger charge is 2.23. The highest BCUT2D eigenvalue weighted by Crippen LogP contribution is 2.25. The van der Waals surface area contributed by atoms with E-state index in [2.05, 4.69) is 15.2 Å². The number of rotatable bonds is 1. The second kappa shape index (κ2) is 2.45. The van der Waals surface area contributed by atoms with E-state index >= 15 is 0 Å². The summed E-state index contributed by atoms with van der Waals surface area (Å²) in [5, 5.41) is 8.05. The van der Waals surface area contributed by atoms with Crippen molar-refractivity contribution in [2.45, 2.75) is 19.5 Å². The fraction of sp³-hybridized carbons (Fsp3) is 0.714. The van der Waals surface area contributed by atoms with Crippen LogP contribution in [-0.4, -0.2) is 28.6 Å². The maximum atomic E-state index is 5.75. The van der Waals surface area contributed by atoms with Gasteiger partial charge in [-0.25, -0.2) is 4.68 Å². The van der Waals surface area contributed by atoms with Crippen LogP contribution >= 0.6 is 0 Å². The first kappa shape index (κ1) is 7.54. The van der Waals surface area contributed by atoms with Crippen molar-refractivity contribution in [3.63, 3.8) is 0 Å². The molecule has 1 aliphatic rings. The molecule has 0 radical (unpaired) electrons. The SMILES string of the molecule is CC(N)c1nnn2c1N(C)CC2. The predicted octanol–water partition coefficient (Wildman–Crippen LogP) is -0.252. The van der Waals surface area contributed by atoms with E-state index in [1.165, 1.54) is 0 Å². The van der Waals surface area contributed by atoms with Gasteiger partial charge in [-0.15, -0.1) is 5.10 Å². The second-order valence-electron chi connectivity index (χ2n) is 3.23. The molecule has 0 spiro atoms. The molecule has 5 nitrogen and oxygen atoms in total. The van der Waals surface area contributed by atoms with Gasteiger partial charge in [0, 0.05) is 19.6 Å². The van der Waals surface area contributed by atoms with Crippen LogP contribution in [0.4, 0.5) is 5.82 Å². The molecule has 0 fully saturated rings. The quantitative estimate of drug-likeness (QED) is 0.626. The van der Waals surface area contributed by atoms with Crippen molar-refractivity contribution in [1.82, 2.24) is 15.0 Å². The zero-order chi connectivity index (χ0) is 8.72. The lowest BCUT2D eigenvalue weighted by Gasteiger charge is -2.11. The Morgan fingerprint density at radius 2 is 2.25 bits per heavy atom. The zero-order valence-corrected chi connectivity index (χ0v) is 7.36. The highest BCUT2D eigenvalue weighted by molar-refractivity contribution is 5.46. The summed E-state index contributed by atoms with van der Waals surface area (Å²) in [5.41, 5.74) is 6.65. The monoisotopic (exact) mass is 167 g/mol. The summed E-state index contributed by atoms with van der Waals surface area (Å²) in [5.74, 6) is 1.07. The lowest BCUT2D eigenvalue weighted by molar-refractivity contribution is 0.644. The minimum absolute atomic E-state index is 0.0331. The average Bonchev–Trinajstić information content (AvgIpc) is 2.53. The van der Waals surface area contributed by atoms with Gasteiger partial charge in [0.15, 0.2) is 5.82 Å². The van der Waals surface area contributed by atoms with Crippen molar-refractivity contribution in [2.24, 2.45) is 5.73 Å². The molecule has 1 aliphatic heterocycles. The highest BCUT2D eigenvalue weighted by atomic mass is 15.5. The first-order valence-corrected chi connectivity index (χ1v) is 4.10. The van der Waals surface area contributed by atoms with E-state index in [1.807, 2.05) is 18.7 Å². The maximum absolute atomic E-state index is 5.75. The number of fused-ring (bicyclic) bond motifs is 1. The number of nitrogens with zero attached hydrogens (tertiary/aromatic N) is 4. The predicted molar refractivity (Wildman–Crippen MR) is 45.9 cm³/mol. The van der Waals surface area contributed by atoms with Gasteiger partial charge in [0.2, 0.25) is 0 Å². The normalized spacial score (nSPS) is 18.1. The molecule has 0 bridgehead atoms. The molecule has 2 heterocycles. The van der Waals surface area contributed by atoms with Gasteiger partial charge < -0.3 is 10.6 Å². The lowest BCUT2D eigenvalue weighted by atomic mass is 10.2. The molecular formula is C7H13N5. The largest absolute Gasteiger partial charge is 0.356 e. The van der Waals surface area contributed by atoms with Crippen LogP contribution in [0.5, 0.6) is 0 Å². The molecule has 12 heavy (non-hydrogen) atoms. The van der Waals surface area contributed by atoms with Crippen LogP contribution < -0.4 is 10.6 Å². The van der Waals surface area contributed by atoms with E-state index in [9.17, 15) is 0 Å². The Morgan fingerprint density at radius 1 is 1.50 bits per heavy atom. The average molecular weight is 167 g/mol. The molecule has 0 aliphatic carbocycles. The molecule has 66 valence electrons. The molecule has 0 aromatic carbocycles. The van der Waals surface area contributed by atoms with Crippen molar-refractivity contribution in [2.75, 3.05) is 18.5 Å². The van der Waals surface area contributed by atoms with Gasteiger partial charge >= 0.3 is 0 Å². The fourth-order valence-corrected chi connectivity index (χ4v) is 1.51. The molecule has 0 amide bonds. The Morgan fingerprint density at radius 3 is 2.92 bits per heavy atom. The first-order chi connectivity index (χ1) is 5.70. The Bertz CT molecular complexity index is 290. The third-order valence-corrected chi connectivity index (χ3v) is 2.17. The van der Waals surface area contributed by atoms with Crippen molar-refractivity contribution >= 4 is 5.82 Å². The maximum Gasteiger partial charge on any atom is 0.152 e. The van der Waals surface area contributed by atoms with E-state index in [-0.39, 0.29) is 6.04 Å². The van der Waals surface area contributed by atoms with E-state index < -0.39 is 0 Å². The van der Waals surface area contributed by atoms with E-state index in [1.54, 1.807) is 0 Å². The number of hydrogen-bond donors (Lipinski definition) is 1. The number of anilines is 1. The molecule has 2 N–H and O–H groups in total. The number of nitrogens with two attached hydrogens (primary N) is 1.